The van der Waals surface area contributed by atoms with Gasteiger partial charge >= 0.3 is 0 Å². The average molecular weight is 373 g/mol. The van der Waals surface area contributed by atoms with Crippen molar-refractivity contribution in [2.75, 3.05) is 19.8 Å². The largest absolute Gasteiger partial charge is 0.382 e. The van der Waals surface area contributed by atoms with Crippen LogP contribution in [0.1, 0.15) is 26.3 Å². The fraction of sp³-hybridized carbons (Fsp3) is 0.333. The van der Waals surface area contributed by atoms with Gasteiger partial charge in [-0.1, -0.05) is 32.9 Å². The SMILES string of the molecule is CN(C)S(=O)(=O)c1cccc(-c2ccn3nc(N)c(C(C)(C)C)c3n2)c1. The molecular formula is C18H23N5O2S. The van der Waals surface area contributed by atoms with Gasteiger partial charge in [0.05, 0.1) is 10.6 Å². The highest BCUT2D eigenvalue weighted by Gasteiger charge is 2.25. The van der Waals surface area contributed by atoms with Gasteiger partial charge in [-0.05, 0) is 23.6 Å². The van der Waals surface area contributed by atoms with Gasteiger partial charge in [-0.25, -0.2) is 22.2 Å². The Bertz CT molecular complexity index is 1080. The molecule has 0 saturated carbocycles. The van der Waals surface area contributed by atoms with Crippen molar-refractivity contribution in [2.24, 2.45) is 0 Å². The molecule has 0 fully saturated rings. The van der Waals surface area contributed by atoms with Gasteiger partial charge in [-0.2, -0.15) is 0 Å². The maximum atomic E-state index is 12.4. The van der Waals surface area contributed by atoms with Crippen LogP contribution in [0.4, 0.5) is 5.82 Å². The van der Waals surface area contributed by atoms with Gasteiger partial charge in [0.2, 0.25) is 10.0 Å². The second-order valence-electron chi connectivity index (χ2n) is 7.41. The van der Waals surface area contributed by atoms with Crippen LogP contribution in [-0.4, -0.2) is 41.4 Å². The smallest absolute Gasteiger partial charge is 0.242 e. The summed E-state index contributed by atoms with van der Waals surface area (Å²) in [6, 6.07) is 8.56. The molecule has 8 heteroatoms. The number of fused-ring (bicyclic) bond motifs is 1. The van der Waals surface area contributed by atoms with Gasteiger partial charge in [0.15, 0.2) is 11.5 Å². The van der Waals surface area contributed by atoms with Crippen LogP contribution in [0.5, 0.6) is 0 Å². The molecule has 0 atom stereocenters. The van der Waals surface area contributed by atoms with E-state index in [0.29, 0.717) is 17.2 Å². The molecule has 1 aromatic carbocycles. The van der Waals surface area contributed by atoms with Crippen molar-refractivity contribution in [2.45, 2.75) is 31.1 Å². The van der Waals surface area contributed by atoms with E-state index in [1.165, 1.54) is 18.4 Å². The minimum absolute atomic E-state index is 0.215. The van der Waals surface area contributed by atoms with Crippen molar-refractivity contribution in [3.05, 3.63) is 42.1 Å². The van der Waals surface area contributed by atoms with Gasteiger partial charge < -0.3 is 5.73 Å². The predicted molar refractivity (Wildman–Crippen MR) is 102 cm³/mol. The van der Waals surface area contributed by atoms with Crippen LogP contribution < -0.4 is 5.73 Å². The molecule has 0 aliphatic rings. The first-order chi connectivity index (χ1) is 12.0. The van der Waals surface area contributed by atoms with Gasteiger partial charge in [-0.15, -0.1) is 5.10 Å². The van der Waals surface area contributed by atoms with E-state index in [-0.39, 0.29) is 10.3 Å². The molecule has 0 spiro atoms. The average Bonchev–Trinajstić information content (AvgIpc) is 2.89. The topological polar surface area (TPSA) is 93.6 Å². The third-order valence-electron chi connectivity index (χ3n) is 4.17. The van der Waals surface area contributed by atoms with Crippen LogP contribution in [0.3, 0.4) is 0 Å². The number of rotatable bonds is 3. The Morgan fingerprint density at radius 1 is 1.15 bits per heavy atom. The first-order valence-electron chi connectivity index (χ1n) is 8.20. The Labute approximate surface area is 153 Å². The Balaban J connectivity index is 2.18. The second kappa shape index (κ2) is 6.07. The Morgan fingerprint density at radius 2 is 1.85 bits per heavy atom. The molecule has 3 rings (SSSR count). The highest BCUT2D eigenvalue weighted by molar-refractivity contribution is 7.89. The van der Waals surface area contributed by atoms with Gasteiger partial charge in [-0.3, -0.25) is 0 Å². The van der Waals surface area contributed by atoms with E-state index in [4.69, 9.17) is 10.7 Å². The number of aromatic nitrogens is 3. The number of benzene rings is 1. The lowest BCUT2D eigenvalue weighted by atomic mass is 9.88. The van der Waals surface area contributed by atoms with Gasteiger partial charge in [0.25, 0.3) is 0 Å². The Morgan fingerprint density at radius 3 is 2.46 bits per heavy atom. The summed E-state index contributed by atoms with van der Waals surface area (Å²) in [4.78, 5) is 4.94. The lowest BCUT2D eigenvalue weighted by molar-refractivity contribution is 0.521. The molecular weight excluding hydrogens is 350 g/mol. The molecule has 0 radical (unpaired) electrons. The summed E-state index contributed by atoms with van der Waals surface area (Å²) in [7, 11) is -0.487. The van der Waals surface area contributed by atoms with E-state index in [0.717, 1.165) is 11.1 Å². The van der Waals surface area contributed by atoms with E-state index in [1.54, 1.807) is 35.0 Å². The van der Waals surface area contributed by atoms with Crippen molar-refractivity contribution < 1.29 is 8.42 Å². The molecule has 0 amide bonds. The molecule has 0 unspecified atom stereocenters. The van der Waals surface area contributed by atoms with E-state index in [9.17, 15) is 8.42 Å². The lowest BCUT2D eigenvalue weighted by Crippen LogP contribution is -2.22. The summed E-state index contributed by atoms with van der Waals surface area (Å²) in [5.41, 5.74) is 8.80. The van der Waals surface area contributed by atoms with E-state index in [2.05, 4.69) is 25.9 Å². The normalized spacial score (nSPS) is 12.8. The van der Waals surface area contributed by atoms with Crippen LogP contribution in [0, 0.1) is 0 Å². The Hall–Kier alpha value is -2.45. The van der Waals surface area contributed by atoms with Crippen LogP contribution in [0.25, 0.3) is 16.9 Å². The molecule has 0 aliphatic carbocycles. The first kappa shape index (κ1) is 18.3. The van der Waals surface area contributed by atoms with E-state index in [1.807, 2.05) is 6.07 Å². The predicted octanol–water partition coefficient (Wildman–Crippen LogP) is 2.53. The highest BCUT2D eigenvalue weighted by atomic mass is 32.2. The summed E-state index contributed by atoms with van der Waals surface area (Å²) in [6.45, 7) is 6.16. The summed E-state index contributed by atoms with van der Waals surface area (Å²) < 4.78 is 27.6. The minimum Gasteiger partial charge on any atom is -0.382 e. The van der Waals surface area contributed by atoms with Crippen molar-refractivity contribution in [1.82, 2.24) is 18.9 Å². The molecule has 7 nitrogen and oxygen atoms in total. The monoisotopic (exact) mass is 373 g/mol. The highest BCUT2D eigenvalue weighted by Crippen LogP contribution is 2.32. The zero-order valence-corrected chi connectivity index (χ0v) is 16.4. The standard InChI is InChI=1S/C18H23N5O2S/c1-18(2,3)15-16(19)21-23-10-9-14(20-17(15)23)12-7-6-8-13(11-12)26(24,25)22(4)5/h6-11H,1-5H3,(H2,19,21). The molecule has 2 N–H and O–H groups in total. The molecule has 0 aliphatic heterocycles. The zero-order valence-electron chi connectivity index (χ0n) is 15.6. The van der Waals surface area contributed by atoms with Crippen molar-refractivity contribution in [3.63, 3.8) is 0 Å². The van der Waals surface area contributed by atoms with Crippen LogP contribution >= 0.6 is 0 Å². The molecule has 3 aromatic rings. The molecule has 0 bridgehead atoms. The zero-order chi connectivity index (χ0) is 19.3. The molecule has 26 heavy (non-hydrogen) atoms. The molecule has 138 valence electrons. The number of anilines is 1. The van der Waals surface area contributed by atoms with E-state index >= 15 is 0 Å². The fourth-order valence-electron chi connectivity index (χ4n) is 2.85. The Kier molecular flexibility index (Phi) is 4.28. The molecule has 0 saturated heterocycles. The summed E-state index contributed by atoms with van der Waals surface area (Å²) in [6.07, 6.45) is 1.79. The summed E-state index contributed by atoms with van der Waals surface area (Å²) >= 11 is 0. The maximum Gasteiger partial charge on any atom is 0.242 e. The number of hydrogen-bond acceptors (Lipinski definition) is 5. The van der Waals surface area contributed by atoms with Crippen molar-refractivity contribution in [3.8, 4) is 11.3 Å². The number of hydrogen-bond donors (Lipinski definition) is 1. The minimum atomic E-state index is -3.51. The summed E-state index contributed by atoms with van der Waals surface area (Å²) in [5, 5.41) is 4.32. The number of nitrogen functional groups attached to an aromatic ring is 1. The number of nitrogens with two attached hydrogens (primary N) is 1. The first-order valence-corrected chi connectivity index (χ1v) is 9.64. The second-order valence-corrected chi connectivity index (χ2v) is 9.56. The summed E-state index contributed by atoms with van der Waals surface area (Å²) in [5.74, 6) is 0.450. The van der Waals surface area contributed by atoms with Crippen LogP contribution in [-0.2, 0) is 15.4 Å². The van der Waals surface area contributed by atoms with Gasteiger partial charge in [0.1, 0.15) is 0 Å². The molecule has 2 heterocycles. The van der Waals surface area contributed by atoms with Crippen LogP contribution in [0.15, 0.2) is 41.4 Å². The molecule has 2 aromatic heterocycles. The fourth-order valence-corrected chi connectivity index (χ4v) is 3.80. The van der Waals surface area contributed by atoms with Gasteiger partial charge in [0, 0.05) is 31.4 Å². The third-order valence-corrected chi connectivity index (χ3v) is 5.98. The lowest BCUT2D eigenvalue weighted by Gasteiger charge is -2.17. The van der Waals surface area contributed by atoms with Crippen molar-refractivity contribution in [1.29, 1.82) is 0 Å². The maximum absolute atomic E-state index is 12.4. The van der Waals surface area contributed by atoms with Crippen molar-refractivity contribution >= 4 is 21.5 Å². The number of sulfonamides is 1. The third kappa shape index (κ3) is 3.06. The number of nitrogens with zero attached hydrogens (tertiary/aromatic N) is 4. The van der Waals surface area contributed by atoms with Crippen LogP contribution in [0.2, 0.25) is 0 Å². The quantitative estimate of drug-likeness (QED) is 0.761. The van der Waals surface area contributed by atoms with E-state index < -0.39 is 10.0 Å².